The first kappa shape index (κ1) is 11.9. The molecule has 1 aromatic carbocycles. The van der Waals surface area contributed by atoms with Crippen molar-refractivity contribution in [2.24, 2.45) is 0 Å². The first-order valence-electron chi connectivity index (χ1n) is 4.64. The summed E-state index contributed by atoms with van der Waals surface area (Å²) in [5.74, 6) is -1.12. The molecule has 7 heteroatoms. The minimum Gasteiger partial charge on any atom is -0.476 e. The van der Waals surface area contributed by atoms with Crippen molar-refractivity contribution in [1.82, 2.24) is 15.0 Å². The molecule has 0 aliphatic carbocycles. The Hall–Kier alpha value is -1.59. The van der Waals surface area contributed by atoms with E-state index in [2.05, 4.69) is 10.3 Å². The molecule has 2 rings (SSSR count). The maximum Gasteiger partial charge on any atom is 0.358 e. The van der Waals surface area contributed by atoms with Crippen LogP contribution in [-0.2, 0) is 6.54 Å². The Bertz CT molecular complexity index is 548. The molecular formula is C10H7Cl2N3O2. The predicted octanol–water partition coefficient (Wildman–Crippen LogP) is 2.33. The van der Waals surface area contributed by atoms with Gasteiger partial charge in [0, 0.05) is 15.6 Å². The highest BCUT2D eigenvalue weighted by Crippen LogP contribution is 2.24. The third-order valence-corrected chi connectivity index (χ3v) is 2.85. The second-order valence-electron chi connectivity index (χ2n) is 3.31. The molecule has 0 fully saturated rings. The van der Waals surface area contributed by atoms with Crippen LogP contribution in [0.15, 0.2) is 24.4 Å². The van der Waals surface area contributed by atoms with Crippen LogP contribution in [0.2, 0.25) is 10.0 Å². The second kappa shape index (κ2) is 4.73. The van der Waals surface area contributed by atoms with Crippen LogP contribution in [0.5, 0.6) is 0 Å². The van der Waals surface area contributed by atoms with Gasteiger partial charge in [-0.15, -0.1) is 5.10 Å². The largest absolute Gasteiger partial charge is 0.476 e. The van der Waals surface area contributed by atoms with E-state index in [1.807, 2.05) is 0 Å². The highest BCUT2D eigenvalue weighted by Gasteiger charge is 2.11. The van der Waals surface area contributed by atoms with Crippen molar-refractivity contribution in [3.63, 3.8) is 0 Å². The number of carboxylic acid groups (broad SMARTS) is 1. The maximum atomic E-state index is 10.6. The standard InChI is InChI=1S/C10H7Cl2N3O2/c11-7-2-1-3-8(12)6(7)4-15-5-9(10(16)17)13-14-15/h1-3,5H,4H2,(H,16,17). The van der Waals surface area contributed by atoms with Crippen molar-refractivity contribution < 1.29 is 9.90 Å². The number of rotatable bonds is 3. The molecule has 1 aromatic heterocycles. The smallest absolute Gasteiger partial charge is 0.358 e. The summed E-state index contributed by atoms with van der Waals surface area (Å²) in [5.41, 5.74) is 0.561. The van der Waals surface area contributed by atoms with Crippen LogP contribution in [0.3, 0.4) is 0 Å². The van der Waals surface area contributed by atoms with Gasteiger partial charge in [-0.1, -0.05) is 34.5 Å². The summed E-state index contributed by atoms with van der Waals surface area (Å²) in [6.45, 7) is 0.277. The summed E-state index contributed by atoms with van der Waals surface area (Å²) in [6.07, 6.45) is 1.32. The molecule has 5 nitrogen and oxygen atoms in total. The molecule has 1 N–H and O–H groups in total. The van der Waals surface area contributed by atoms with Crippen LogP contribution in [0.4, 0.5) is 0 Å². The van der Waals surface area contributed by atoms with Crippen LogP contribution in [-0.4, -0.2) is 26.1 Å². The van der Waals surface area contributed by atoms with Crippen molar-refractivity contribution in [1.29, 1.82) is 0 Å². The third kappa shape index (κ3) is 2.57. The van der Waals surface area contributed by atoms with Gasteiger partial charge in [0.15, 0.2) is 5.69 Å². The molecule has 1 heterocycles. The highest BCUT2D eigenvalue weighted by molar-refractivity contribution is 6.35. The summed E-state index contributed by atoms with van der Waals surface area (Å²) in [6, 6.07) is 5.15. The van der Waals surface area contributed by atoms with Crippen molar-refractivity contribution >= 4 is 29.2 Å². The zero-order valence-electron chi connectivity index (χ0n) is 8.47. The van der Waals surface area contributed by atoms with Gasteiger partial charge in [-0.05, 0) is 12.1 Å². The summed E-state index contributed by atoms with van der Waals surface area (Å²) in [7, 11) is 0. The van der Waals surface area contributed by atoms with E-state index in [0.717, 1.165) is 0 Å². The number of carbonyl (C=O) groups is 1. The lowest BCUT2D eigenvalue weighted by Gasteiger charge is -2.05. The van der Waals surface area contributed by atoms with Crippen molar-refractivity contribution in [3.05, 3.63) is 45.7 Å². The van der Waals surface area contributed by atoms with Gasteiger partial charge in [0.1, 0.15) is 0 Å². The molecule has 0 saturated carbocycles. The third-order valence-electron chi connectivity index (χ3n) is 2.14. The monoisotopic (exact) mass is 271 g/mol. The van der Waals surface area contributed by atoms with E-state index in [0.29, 0.717) is 15.6 Å². The Balaban J connectivity index is 2.28. The molecule has 0 radical (unpaired) electrons. The van der Waals surface area contributed by atoms with Gasteiger partial charge < -0.3 is 5.11 Å². The van der Waals surface area contributed by atoms with E-state index in [-0.39, 0.29) is 12.2 Å². The number of nitrogens with zero attached hydrogens (tertiary/aromatic N) is 3. The van der Waals surface area contributed by atoms with E-state index >= 15 is 0 Å². The minimum atomic E-state index is -1.12. The summed E-state index contributed by atoms with van der Waals surface area (Å²) < 4.78 is 1.37. The fourth-order valence-corrected chi connectivity index (χ4v) is 1.84. The predicted molar refractivity (Wildman–Crippen MR) is 62.5 cm³/mol. The SMILES string of the molecule is O=C(O)c1cn(Cc2c(Cl)cccc2Cl)nn1. The number of hydrogen-bond donors (Lipinski definition) is 1. The lowest BCUT2D eigenvalue weighted by molar-refractivity contribution is 0.0690. The van der Waals surface area contributed by atoms with Gasteiger partial charge in [0.25, 0.3) is 0 Å². The van der Waals surface area contributed by atoms with Gasteiger partial charge in [0.2, 0.25) is 0 Å². The van der Waals surface area contributed by atoms with E-state index in [4.69, 9.17) is 28.3 Å². The Kier molecular flexibility index (Phi) is 3.31. The second-order valence-corrected chi connectivity index (χ2v) is 4.12. The van der Waals surface area contributed by atoms with Gasteiger partial charge in [0.05, 0.1) is 12.7 Å². The van der Waals surface area contributed by atoms with Crippen LogP contribution in [0.25, 0.3) is 0 Å². The Morgan fingerprint density at radius 3 is 2.53 bits per heavy atom. The van der Waals surface area contributed by atoms with Crippen molar-refractivity contribution in [3.8, 4) is 0 Å². The number of benzene rings is 1. The van der Waals surface area contributed by atoms with Gasteiger partial charge in [-0.2, -0.15) is 0 Å². The molecule has 0 bridgehead atoms. The average Bonchev–Trinajstić information content (AvgIpc) is 2.72. The van der Waals surface area contributed by atoms with Gasteiger partial charge in [-0.25, -0.2) is 9.48 Å². The highest BCUT2D eigenvalue weighted by atomic mass is 35.5. The van der Waals surface area contributed by atoms with E-state index in [1.165, 1.54) is 10.9 Å². The first-order valence-corrected chi connectivity index (χ1v) is 5.40. The zero-order valence-corrected chi connectivity index (χ0v) is 9.98. The minimum absolute atomic E-state index is 0.117. The van der Waals surface area contributed by atoms with E-state index in [1.54, 1.807) is 18.2 Å². The number of aromatic carboxylic acids is 1. The van der Waals surface area contributed by atoms with E-state index in [9.17, 15) is 4.79 Å². The quantitative estimate of drug-likeness (QED) is 0.931. The molecule has 0 unspecified atom stereocenters. The molecule has 0 atom stereocenters. The topological polar surface area (TPSA) is 68.0 Å². The van der Waals surface area contributed by atoms with Crippen molar-refractivity contribution in [2.75, 3.05) is 0 Å². The van der Waals surface area contributed by atoms with E-state index < -0.39 is 5.97 Å². The molecule has 0 spiro atoms. The fraction of sp³-hybridized carbons (Fsp3) is 0.100. The van der Waals surface area contributed by atoms with Crippen LogP contribution in [0.1, 0.15) is 16.1 Å². The maximum absolute atomic E-state index is 10.6. The van der Waals surface area contributed by atoms with Crippen LogP contribution >= 0.6 is 23.2 Å². The molecule has 88 valence electrons. The first-order chi connectivity index (χ1) is 8.08. The molecule has 17 heavy (non-hydrogen) atoms. The van der Waals surface area contributed by atoms with Gasteiger partial charge >= 0.3 is 5.97 Å². The average molecular weight is 272 g/mol. The summed E-state index contributed by atoms with van der Waals surface area (Å²) in [4.78, 5) is 10.6. The summed E-state index contributed by atoms with van der Waals surface area (Å²) in [5, 5.41) is 16.9. The molecule has 0 saturated heterocycles. The normalized spacial score (nSPS) is 10.5. The number of hydrogen-bond acceptors (Lipinski definition) is 3. The molecule has 0 aliphatic heterocycles. The number of halogens is 2. The Morgan fingerprint density at radius 2 is 2.00 bits per heavy atom. The van der Waals surface area contributed by atoms with Crippen LogP contribution in [0, 0.1) is 0 Å². The lowest BCUT2D eigenvalue weighted by atomic mass is 10.2. The molecular weight excluding hydrogens is 265 g/mol. The molecule has 2 aromatic rings. The van der Waals surface area contributed by atoms with Crippen LogP contribution < -0.4 is 0 Å². The molecule has 0 amide bonds. The molecule has 0 aliphatic rings. The zero-order chi connectivity index (χ0) is 12.4. The van der Waals surface area contributed by atoms with Crippen molar-refractivity contribution in [2.45, 2.75) is 6.54 Å². The van der Waals surface area contributed by atoms with Gasteiger partial charge in [-0.3, -0.25) is 0 Å². The lowest BCUT2D eigenvalue weighted by Crippen LogP contribution is -2.02. The Morgan fingerprint density at radius 1 is 1.35 bits per heavy atom. The Labute approximate surface area is 107 Å². The summed E-state index contributed by atoms with van der Waals surface area (Å²) >= 11 is 12.0. The fourth-order valence-electron chi connectivity index (χ4n) is 1.32. The number of carboxylic acids is 1. The number of aromatic nitrogens is 3.